The van der Waals surface area contributed by atoms with Crippen molar-refractivity contribution in [2.45, 2.75) is 13.0 Å². The van der Waals surface area contributed by atoms with E-state index in [-0.39, 0.29) is 24.3 Å². The van der Waals surface area contributed by atoms with E-state index in [4.69, 9.17) is 5.73 Å². The lowest BCUT2D eigenvalue weighted by Crippen LogP contribution is -2.11. The minimum Gasteiger partial charge on any atom is -0.320 e. The minimum absolute atomic E-state index is 0. The third kappa shape index (κ3) is 2.61. The topological polar surface area (TPSA) is 26.0 Å². The van der Waals surface area contributed by atoms with E-state index in [2.05, 4.69) is 0 Å². The average molecular weight is 258 g/mol. The molecule has 0 aliphatic rings. The van der Waals surface area contributed by atoms with Gasteiger partial charge in [0.1, 0.15) is 5.82 Å². The quantitative estimate of drug-likeness (QED) is 0.873. The Hall–Kier alpha value is -0.900. The molecule has 0 aliphatic heterocycles. The number of hydrogen-bond donors (Lipinski definition) is 1. The molecule has 2 aromatic rings. The van der Waals surface area contributed by atoms with Crippen molar-refractivity contribution in [2.24, 2.45) is 5.73 Å². The molecule has 1 aromatic carbocycles. The first-order valence-electron chi connectivity index (χ1n) is 4.73. The van der Waals surface area contributed by atoms with Gasteiger partial charge in [0.2, 0.25) is 0 Å². The number of halogens is 2. The lowest BCUT2D eigenvalue weighted by Gasteiger charge is -2.12. The predicted molar refractivity (Wildman–Crippen MR) is 68.7 cm³/mol. The molecule has 0 spiro atoms. The van der Waals surface area contributed by atoms with Crippen LogP contribution in [0.25, 0.3) is 0 Å². The van der Waals surface area contributed by atoms with Crippen molar-refractivity contribution in [1.29, 1.82) is 0 Å². The lowest BCUT2D eigenvalue weighted by atomic mass is 10.0. The fourth-order valence-corrected chi connectivity index (χ4v) is 2.35. The largest absolute Gasteiger partial charge is 0.320 e. The highest BCUT2D eigenvalue weighted by atomic mass is 35.5. The molecule has 0 unspecified atom stereocenters. The van der Waals surface area contributed by atoms with Gasteiger partial charge in [-0.1, -0.05) is 12.1 Å². The van der Waals surface area contributed by atoms with Gasteiger partial charge in [-0.2, -0.15) is 0 Å². The van der Waals surface area contributed by atoms with Crippen LogP contribution in [-0.2, 0) is 0 Å². The summed E-state index contributed by atoms with van der Waals surface area (Å²) < 4.78 is 12.9. The molecule has 0 bridgehead atoms. The molecule has 0 radical (unpaired) electrons. The summed E-state index contributed by atoms with van der Waals surface area (Å²) in [5.41, 5.74) is 7.98. The monoisotopic (exact) mass is 257 g/mol. The van der Waals surface area contributed by atoms with E-state index in [0.29, 0.717) is 0 Å². The summed E-state index contributed by atoms with van der Waals surface area (Å²) in [5, 5.41) is 1.99. The molecule has 4 heteroatoms. The lowest BCUT2D eigenvalue weighted by molar-refractivity contribution is 0.625. The van der Waals surface area contributed by atoms with Gasteiger partial charge in [-0.3, -0.25) is 0 Å². The van der Waals surface area contributed by atoms with E-state index in [1.165, 1.54) is 12.1 Å². The van der Waals surface area contributed by atoms with Gasteiger partial charge in [-0.05, 0) is 41.6 Å². The van der Waals surface area contributed by atoms with Crippen LogP contribution in [0.5, 0.6) is 0 Å². The van der Waals surface area contributed by atoms with Gasteiger partial charge in [-0.15, -0.1) is 23.7 Å². The van der Waals surface area contributed by atoms with Crippen LogP contribution in [-0.4, -0.2) is 0 Å². The van der Waals surface area contributed by atoms with E-state index in [1.807, 2.05) is 24.4 Å². The summed E-state index contributed by atoms with van der Waals surface area (Å²) in [6.07, 6.45) is 0. The second kappa shape index (κ2) is 5.43. The summed E-state index contributed by atoms with van der Waals surface area (Å²) in [4.78, 5) is 1.10. The summed E-state index contributed by atoms with van der Waals surface area (Å²) in [6.45, 7) is 1.88. The van der Waals surface area contributed by atoms with Gasteiger partial charge < -0.3 is 5.73 Å². The van der Waals surface area contributed by atoms with Crippen molar-refractivity contribution < 1.29 is 4.39 Å². The molecule has 0 fully saturated rings. The van der Waals surface area contributed by atoms with E-state index >= 15 is 0 Å². The Morgan fingerprint density at radius 2 is 2.06 bits per heavy atom. The van der Waals surface area contributed by atoms with Crippen molar-refractivity contribution >= 4 is 23.7 Å². The van der Waals surface area contributed by atoms with Crippen LogP contribution in [0, 0.1) is 12.7 Å². The van der Waals surface area contributed by atoms with Crippen molar-refractivity contribution in [2.75, 3.05) is 0 Å². The predicted octanol–water partition coefficient (Wildman–Crippen LogP) is 3.67. The molecular weight excluding hydrogens is 245 g/mol. The Morgan fingerprint density at radius 3 is 2.62 bits per heavy atom. The van der Waals surface area contributed by atoms with E-state index in [0.717, 1.165) is 16.0 Å². The fourth-order valence-electron chi connectivity index (χ4n) is 1.61. The molecule has 0 amide bonds. The zero-order valence-corrected chi connectivity index (χ0v) is 10.4. The molecule has 0 saturated heterocycles. The second-order valence-corrected chi connectivity index (χ2v) is 4.47. The SMILES string of the molecule is Cc1cc(F)ccc1[C@@H](N)c1cccs1.Cl. The number of benzene rings is 1. The average Bonchev–Trinajstić information content (AvgIpc) is 2.69. The van der Waals surface area contributed by atoms with Crippen molar-refractivity contribution in [3.8, 4) is 0 Å². The van der Waals surface area contributed by atoms with Gasteiger partial charge >= 0.3 is 0 Å². The van der Waals surface area contributed by atoms with Gasteiger partial charge in [-0.25, -0.2) is 4.39 Å². The molecule has 2 rings (SSSR count). The number of thiophene rings is 1. The Labute approximate surface area is 105 Å². The van der Waals surface area contributed by atoms with Crippen LogP contribution in [0.4, 0.5) is 4.39 Å². The summed E-state index contributed by atoms with van der Waals surface area (Å²) >= 11 is 1.62. The number of aryl methyl sites for hydroxylation is 1. The Bertz CT molecular complexity index is 456. The molecule has 1 atom stereocenters. The zero-order valence-electron chi connectivity index (χ0n) is 8.81. The maximum absolute atomic E-state index is 12.9. The van der Waals surface area contributed by atoms with Crippen LogP contribution in [0.3, 0.4) is 0 Å². The highest BCUT2D eigenvalue weighted by molar-refractivity contribution is 7.10. The molecule has 2 N–H and O–H groups in total. The third-order valence-electron chi connectivity index (χ3n) is 2.42. The minimum atomic E-state index is -0.213. The van der Waals surface area contributed by atoms with E-state index < -0.39 is 0 Å². The Balaban J connectivity index is 0.00000128. The number of nitrogens with two attached hydrogens (primary N) is 1. The van der Waals surface area contributed by atoms with Gasteiger partial charge in [0.25, 0.3) is 0 Å². The standard InChI is InChI=1S/C12H12FNS.ClH/c1-8-7-9(13)4-5-10(8)12(14)11-3-2-6-15-11;/h2-7,12H,14H2,1H3;1H/t12-;/m1./s1. The van der Waals surface area contributed by atoms with Crippen LogP contribution in [0.2, 0.25) is 0 Å². The van der Waals surface area contributed by atoms with E-state index in [9.17, 15) is 4.39 Å². The highest BCUT2D eigenvalue weighted by Crippen LogP contribution is 2.26. The first-order valence-corrected chi connectivity index (χ1v) is 5.61. The third-order valence-corrected chi connectivity index (χ3v) is 3.37. The summed E-state index contributed by atoms with van der Waals surface area (Å²) in [7, 11) is 0. The van der Waals surface area contributed by atoms with Crippen molar-refractivity contribution in [1.82, 2.24) is 0 Å². The molecule has 0 aliphatic carbocycles. The first-order chi connectivity index (χ1) is 7.18. The molecule has 1 nitrogen and oxygen atoms in total. The second-order valence-electron chi connectivity index (χ2n) is 3.49. The zero-order chi connectivity index (χ0) is 10.8. The Morgan fingerprint density at radius 1 is 1.31 bits per heavy atom. The van der Waals surface area contributed by atoms with Crippen LogP contribution < -0.4 is 5.73 Å². The van der Waals surface area contributed by atoms with Gasteiger partial charge in [0.15, 0.2) is 0 Å². The fraction of sp³-hybridized carbons (Fsp3) is 0.167. The molecule has 86 valence electrons. The smallest absolute Gasteiger partial charge is 0.123 e. The highest BCUT2D eigenvalue weighted by Gasteiger charge is 2.12. The normalized spacial score (nSPS) is 11.9. The van der Waals surface area contributed by atoms with Crippen molar-refractivity contribution in [3.63, 3.8) is 0 Å². The molecule has 1 heterocycles. The van der Waals surface area contributed by atoms with Crippen LogP contribution in [0.15, 0.2) is 35.7 Å². The van der Waals surface area contributed by atoms with Crippen molar-refractivity contribution in [3.05, 3.63) is 57.5 Å². The summed E-state index contributed by atoms with van der Waals surface area (Å²) in [5.74, 6) is -0.213. The molecule has 1 aromatic heterocycles. The maximum Gasteiger partial charge on any atom is 0.123 e. The van der Waals surface area contributed by atoms with Gasteiger partial charge in [0, 0.05) is 4.88 Å². The first kappa shape index (κ1) is 13.2. The molecule has 16 heavy (non-hydrogen) atoms. The maximum atomic E-state index is 12.9. The van der Waals surface area contributed by atoms with Crippen LogP contribution in [0.1, 0.15) is 22.0 Å². The Kier molecular flexibility index (Phi) is 4.47. The molecule has 0 saturated carbocycles. The summed E-state index contributed by atoms with van der Waals surface area (Å²) in [6, 6.07) is 8.55. The van der Waals surface area contributed by atoms with E-state index in [1.54, 1.807) is 17.4 Å². The number of rotatable bonds is 2. The number of hydrogen-bond acceptors (Lipinski definition) is 2. The van der Waals surface area contributed by atoms with Gasteiger partial charge in [0.05, 0.1) is 6.04 Å². The molecular formula is C12H13ClFNS. The van der Waals surface area contributed by atoms with Crippen LogP contribution >= 0.6 is 23.7 Å².